The van der Waals surface area contributed by atoms with Gasteiger partial charge in [-0.05, 0) is 44.5 Å². The van der Waals surface area contributed by atoms with Gasteiger partial charge in [-0.25, -0.2) is 13.1 Å². The highest BCUT2D eigenvalue weighted by molar-refractivity contribution is 9.10. The molecule has 5 nitrogen and oxygen atoms in total. The van der Waals surface area contributed by atoms with E-state index in [1.807, 2.05) is 18.6 Å². The zero-order valence-corrected chi connectivity index (χ0v) is 13.8. The van der Waals surface area contributed by atoms with Gasteiger partial charge in [-0.15, -0.1) is 0 Å². The number of hydrogen-bond acceptors (Lipinski definition) is 4. The Morgan fingerprint density at radius 1 is 1.45 bits per heavy atom. The van der Waals surface area contributed by atoms with Crippen LogP contribution in [0.1, 0.15) is 26.3 Å². The van der Waals surface area contributed by atoms with Gasteiger partial charge in [-0.3, -0.25) is 4.79 Å². The smallest absolute Gasteiger partial charge is 0.264 e. The summed E-state index contributed by atoms with van der Waals surface area (Å²) in [4.78, 5) is 11.0. The maximum absolute atomic E-state index is 12.1. The molecule has 0 saturated heterocycles. The fourth-order valence-electron chi connectivity index (χ4n) is 2.03. The quantitative estimate of drug-likeness (QED) is 0.835. The van der Waals surface area contributed by atoms with Crippen LogP contribution >= 0.6 is 15.9 Å². The van der Waals surface area contributed by atoms with E-state index < -0.39 is 20.8 Å². The summed E-state index contributed by atoms with van der Waals surface area (Å²) in [6, 6.07) is 4.62. The number of hydrogen-bond donors (Lipinski definition) is 1. The predicted molar refractivity (Wildman–Crippen MR) is 78.6 cm³/mol. The van der Waals surface area contributed by atoms with Crippen LogP contribution in [0.25, 0.3) is 0 Å². The number of halogens is 1. The standard InChI is InChI=1S/C13H16BrNO4S/c1-8(14)12(16)15-20(17,18)10-4-5-11-9(6-10)7-13(2,3)19-11/h4-6,8H,7H2,1-3H3,(H,15,16). The molecule has 1 aromatic rings. The van der Waals surface area contributed by atoms with Gasteiger partial charge in [0, 0.05) is 6.42 Å². The lowest BCUT2D eigenvalue weighted by atomic mass is 10.0. The van der Waals surface area contributed by atoms with Crippen molar-refractivity contribution in [2.45, 2.75) is 42.5 Å². The number of sulfonamides is 1. The second kappa shape index (κ2) is 5.04. The average molecular weight is 362 g/mol. The van der Waals surface area contributed by atoms with Crippen molar-refractivity contribution < 1.29 is 17.9 Å². The molecular weight excluding hydrogens is 346 g/mol. The number of fused-ring (bicyclic) bond motifs is 1. The molecule has 0 radical (unpaired) electrons. The van der Waals surface area contributed by atoms with Crippen LogP contribution in [-0.2, 0) is 21.2 Å². The van der Waals surface area contributed by atoms with Crippen LogP contribution < -0.4 is 9.46 Å². The number of carbonyl (C=O) groups excluding carboxylic acids is 1. The van der Waals surface area contributed by atoms with E-state index in [0.29, 0.717) is 12.2 Å². The normalized spacial score (nSPS) is 18.0. The van der Waals surface area contributed by atoms with E-state index in [4.69, 9.17) is 4.74 Å². The maximum Gasteiger partial charge on any atom is 0.264 e. The molecule has 1 amide bonds. The van der Waals surface area contributed by atoms with Crippen LogP contribution in [0.5, 0.6) is 5.75 Å². The van der Waals surface area contributed by atoms with E-state index in [1.54, 1.807) is 19.1 Å². The summed E-state index contributed by atoms with van der Waals surface area (Å²) in [6.45, 7) is 5.44. The molecule has 20 heavy (non-hydrogen) atoms. The number of rotatable bonds is 3. The number of amides is 1. The fourth-order valence-corrected chi connectivity index (χ4v) is 3.40. The summed E-state index contributed by atoms with van der Waals surface area (Å²) in [7, 11) is -3.85. The molecule has 0 spiro atoms. The highest BCUT2D eigenvalue weighted by Gasteiger charge is 2.31. The predicted octanol–water partition coefficient (Wildman–Crippen LogP) is 1.99. The summed E-state index contributed by atoms with van der Waals surface area (Å²) in [5.74, 6) is 0.0937. The van der Waals surface area contributed by atoms with E-state index in [0.717, 1.165) is 5.56 Å². The van der Waals surface area contributed by atoms with Crippen LogP contribution in [-0.4, -0.2) is 24.8 Å². The number of alkyl halides is 1. The van der Waals surface area contributed by atoms with Crippen molar-refractivity contribution >= 4 is 31.9 Å². The lowest BCUT2D eigenvalue weighted by Crippen LogP contribution is -2.34. The lowest BCUT2D eigenvalue weighted by Gasteiger charge is -2.16. The summed E-state index contributed by atoms with van der Waals surface area (Å²) in [6.07, 6.45) is 0.633. The molecule has 2 rings (SSSR count). The van der Waals surface area contributed by atoms with Crippen molar-refractivity contribution in [3.63, 3.8) is 0 Å². The van der Waals surface area contributed by atoms with Gasteiger partial charge in [0.15, 0.2) is 0 Å². The number of benzene rings is 1. The van der Waals surface area contributed by atoms with Gasteiger partial charge in [0.25, 0.3) is 10.0 Å². The molecule has 110 valence electrons. The minimum atomic E-state index is -3.85. The van der Waals surface area contributed by atoms with Crippen molar-refractivity contribution in [2.75, 3.05) is 0 Å². The van der Waals surface area contributed by atoms with Crippen molar-refractivity contribution in [3.8, 4) is 5.75 Å². The van der Waals surface area contributed by atoms with Gasteiger partial charge in [0.1, 0.15) is 11.4 Å². The molecule has 0 saturated carbocycles. The summed E-state index contributed by atoms with van der Waals surface area (Å²) >= 11 is 3.03. The van der Waals surface area contributed by atoms with Gasteiger partial charge in [-0.2, -0.15) is 0 Å². The van der Waals surface area contributed by atoms with Gasteiger partial charge >= 0.3 is 0 Å². The first-order chi connectivity index (χ1) is 9.11. The molecule has 0 bridgehead atoms. The first-order valence-electron chi connectivity index (χ1n) is 6.13. The first kappa shape index (κ1) is 15.3. The summed E-state index contributed by atoms with van der Waals surface area (Å²) < 4.78 is 32.0. The summed E-state index contributed by atoms with van der Waals surface area (Å²) in [5.41, 5.74) is 0.496. The maximum atomic E-state index is 12.1. The van der Waals surface area contributed by atoms with Gasteiger partial charge < -0.3 is 4.74 Å². The molecule has 7 heteroatoms. The van der Waals surface area contributed by atoms with Gasteiger partial charge in [-0.1, -0.05) is 15.9 Å². The molecule has 1 aliphatic rings. The third kappa shape index (κ3) is 3.15. The Kier molecular flexibility index (Phi) is 3.85. The molecule has 1 atom stereocenters. The van der Waals surface area contributed by atoms with Crippen LogP contribution in [0.3, 0.4) is 0 Å². The minimum absolute atomic E-state index is 0.0686. The Morgan fingerprint density at radius 2 is 2.10 bits per heavy atom. The highest BCUT2D eigenvalue weighted by atomic mass is 79.9. The molecule has 1 heterocycles. The largest absolute Gasteiger partial charge is 0.487 e. The Morgan fingerprint density at radius 3 is 2.70 bits per heavy atom. The van der Waals surface area contributed by atoms with Gasteiger partial charge in [0.2, 0.25) is 5.91 Å². The number of ether oxygens (including phenoxy) is 1. The third-order valence-electron chi connectivity index (χ3n) is 2.94. The molecule has 1 N–H and O–H groups in total. The van der Waals surface area contributed by atoms with Crippen molar-refractivity contribution in [3.05, 3.63) is 23.8 Å². The van der Waals surface area contributed by atoms with Crippen molar-refractivity contribution in [1.29, 1.82) is 0 Å². The molecular formula is C13H16BrNO4S. The van der Waals surface area contributed by atoms with Gasteiger partial charge in [0.05, 0.1) is 9.72 Å². The highest BCUT2D eigenvalue weighted by Crippen LogP contribution is 2.35. The Hall–Kier alpha value is -1.08. The number of nitrogens with one attached hydrogen (secondary N) is 1. The number of carbonyl (C=O) groups is 1. The van der Waals surface area contributed by atoms with E-state index >= 15 is 0 Å². The topological polar surface area (TPSA) is 72.5 Å². The first-order valence-corrected chi connectivity index (χ1v) is 8.53. The molecule has 0 aromatic heterocycles. The molecule has 0 aliphatic carbocycles. The SMILES string of the molecule is CC(Br)C(=O)NS(=O)(=O)c1ccc2c(c1)CC(C)(C)O2. The van der Waals surface area contributed by atoms with Crippen molar-refractivity contribution in [1.82, 2.24) is 4.72 Å². The van der Waals surface area contributed by atoms with Crippen LogP contribution in [0.15, 0.2) is 23.1 Å². The second-order valence-corrected chi connectivity index (χ2v) is 8.45. The van der Waals surface area contributed by atoms with E-state index in [1.165, 1.54) is 6.07 Å². The Balaban J connectivity index is 2.30. The van der Waals surface area contributed by atoms with E-state index in [9.17, 15) is 13.2 Å². The zero-order chi connectivity index (χ0) is 15.1. The zero-order valence-electron chi connectivity index (χ0n) is 11.4. The Bertz CT molecular complexity index is 652. The van der Waals surface area contributed by atoms with E-state index in [2.05, 4.69) is 15.9 Å². The fraction of sp³-hybridized carbons (Fsp3) is 0.462. The molecule has 1 aromatic carbocycles. The van der Waals surface area contributed by atoms with Crippen LogP contribution in [0.4, 0.5) is 0 Å². The average Bonchev–Trinajstić information content (AvgIpc) is 2.60. The van der Waals surface area contributed by atoms with Crippen LogP contribution in [0.2, 0.25) is 0 Å². The third-order valence-corrected chi connectivity index (χ3v) is 4.70. The minimum Gasteiger partial charge on any atom is -0.487 e. The van der Waals surface area contributed by atoms with Crippen LogP contribution in [0, 0.1) is 0 Å². The monoisotopic (exact) mass is 361 g/mol. The molecule has 0 fully saturated rings. The lowest BCUT2D eigenvalue weighted by molar-refractivity contribution is -0.118. The second-order valence-electron chi connectivity index (χ2n) is 5.39. The van der Waals surface area contributed by atoms with Crippen molar-refractivity contribution in [2.24, 2.45) is 0 Å². The van der Waals surface area contributed by atoms with E-state index in [-0.39, 0.29) is 10.5 Å². The Labute approximate surface area is 126 Å². The molecule has 1 aliphatic heterocycles. The molecule has 1 unspecified atom stereocenters. The summed E-state index contributed by atoms with van der Waals surface area (Å²) in [5, 5.41) is 0.